The molecule has 2 heterocycles. The summed E-state index contributed by atoms with van der Waals surface area (Å²) in [4.78, 5) is 19.8. The van der Waals surface area contributed by atoms with Crippen molar-refractivity contribution in [2.45, 2.75) is 25.8 Å². The van der Waals surface area contributed by atoms with Gasteiger partial charge in [-0.1, -0.05) is 12.1 Å². The molecule has 2 aromatic carbocycles. The smallest absolute Gasteiger partial charge is 0.405 e. The first kappa shape index (κ1) is 20.8. The summed E-state index contributed by atoms with van der Waals surface area (Å²) in [6, 6.07) is 16.2. The number of ether oxygens (including phenoxy) is 2. The summed E-state index contributed by atoms with van der Waals surface area (Å²) in [7, 11) is 0. The van der Waals surface area contributed by atoms with Gasteiger partial charge < -0.3 is 24.3 Å². The van der Waals surface area contributed by atoms with Crippen LogP contribution in [0.2, 0.25) is 0 Å². The van der Waals surface area contributed by atoms with Crippen molar-refractivity contribution >= 4 is 17.2 Å². The molecule has 1 aliphatic carbocycles. The first-order chi connectivity index (χ1) is 16.0. The fourth-order valence-electron chi connectivity index (χ4n) is 3.42. The summed E-state index contributed by atoms with van der Waals surface area (Å²) >= 11 is 0. The number of oxazole rings is 1. The predicted molar refractivity (Wildman–Crippen MR) is 122 cm³/mol. The lowest BCUT2D eigenvalue weighted by Gasteiger charge is -2.10. The average Bonchev–Trinajstić information content (AvgIpc) is 3.54. The van der Waals surface area contributed by atoms with Crippen molar-refractivity contribution in [2.24, 2.45) is 5.92 Å². The summed E-state index contributed by atoms with van der Waals surface area (Å²) < 4.78 is 17.6. The van der Waals surface area contributed by atoms with E-state index in [0.717, 1.165) is 17.9 Å². The number of nitrogens with one attached hydrogen (secondary N) is 1. The van der Waals surface area contributed by atoms with Gasteiger partial charge >= 0.3 is 6.09 Å². The first-order valence-corrected chi connectivity index (χ1v) is 10.8. The van der Waals surface area contributed by atoms with Crippen molar-refractivity contribution in [3.8, 4) is 28.8 Å². The largest absolute Gasteiger partial charge is 0.493 e. The quantitative estimate of drug-likeness (QED) is 0.353. The van der Waals surface area contributed by atoms with Gasteiger partial charge in [-0.25, -0.2) is 14.8 Å². The van der Waals surface area contributed by atoms with E-state index in [1.54, 1.807) is 31.3 Å². The third-order valence-electron chi connectivity index (χ3n) is 5.45. The molecule has 0 radical (unpaired) electrons. The Morgan fingerprint density at radius 3 is 2.79 bits per heavy atom. The number of fused-ring (bicyclic) bond motifs is 1. The Bertz CT molecular complexity index is 1280. The number of carbonyl (C=O) groups is 1. The molecule has 168 valence electrons. The fourth-order valence-corrected chi connectivity index (χ4v) is 3.42. The molecule has 2 aromatic heterocycles. The number of carboxylic acid groups (broad SMARTS) is 1. The third-order valence-corrected chi connectivity index (χ3v) is 5.45. The van der Waals surface area contributed by atoms with Gasteiger partial charge in [-0.05, 0) is 61.6 Å². The van der Waals surface area contributed by atoms with Gasteiger partial charge in [0.1, 0.15) is 17.0 Å². The first-order valence-electron chi connectivity index (χ1n) is 10.8. The summed E-state index contributed by atoms with van der Waals surface area (Å²) in [5.41, 5.74) is 2.75. The van der Waals surface area contributed by atoms with Crippen molar-refractivity contribution in [1.29, 1.82) is 0 Å². The second-order valence-electron chi connectivity index (χ2n) is 8.13. The van der Waals surface area contributed by atoms with Crippen LogP contribution < -0.4 is 14.8 Å². The molecular weight excluding hydrogens is 422 g/mol. The van der Waals surface area contributed by atoms with Gasteiger partial charge in [-0.15, -0.1) is 0 Å². The van der Waals surface area contributed by atoms with Gasteiger partial charge in [0, 0.05) is 18.3 Å². The standard InChI is InChI=1S/C25H23N3O5/c1-15(27-25(29)30)17-7-9-21-22(11-17)33-24(28-21)18-8-10-23(26-13-18)32-20-4-2-3-19(12-20)31-14-16-5-6-16/h2-4,7-13,15-16,27H,5-6,14H2,1H3,(H,29,30)/t15-/m0/s1. The van der Waals surface area contributed by atoms with E-state index < -0.39 is 6.09 Å². The fraction of sp³-hybridized carbons (Fsp3) is 0.240. The van der Waals surface area contributed by atoms with E-state index in [2.05, 4.69) is 15.3 Å². The van der Waals surface area contributed by atoms with Crippen LogP contribution in [0.25, 0.3) is 22.6 Å². The maximum absolute atomic E-state index is 10.9. The van der Waals surface area contributed by atoms with Gasteiger partial charge in [0.25, 0.3) is 0 Å². The number of amides is 1. The number of benzene rings is 2. The lowest BCUT2D eigenvalue weighted by Crippen LogP contribution is -2.24. The van der Waals surface area contributed by atoms with Gasteiger partial charge in [-0.3, -0.25) is 0 Å². The molecule has 1 aliphatic rings. The Hall–Kier alpha value is -4.07. The van der Waals surface area contributed by atoms with Crippen LogP contribution in [0.15, 0.2) is 65.2 Å². The van der Waals surface area contributed by atoms with Gasteiger partial charge in [-0.2, -0.15) is 0 Å². The maximum Gasteiger partial charge on any atom is 0.405 e. The molecule has 1 fully saturated rings. The minimum absolute atomic E-state index is 0.365. The maximum atomic E-state index is 10.9. The zero-order valence-corrected chi connectivity index (χ0v) is 18.0. The molecule has 8 nitrogen and oxygen atoms in total. The number of pyridine rings is 1. The molecule has 0 spiro atoms. The molecule has 33 heavy (non-hydrogen) atoms. The molecule has 4 aromatic rings. The van der Waals surface area contributed by atoms with E-state index in [1.807, 2.05) is 36.4 Å². The highest BCUT2D eigenvalue weighted by Gasteiger charge is 2.22. The minimum atomic E-state index is -1.08. The van der Waals surface area contributed by atoms with Crippen LogP contribution in [0.4, 0.5) is 4.79 Å². The van der Waals surface area contributed by atoms with Crippen molar-refractivity contribution in [3.63, 3.8) is 0 Å². The van der Waals surface area contributed by atoms with Crippen LogP contribution in [0, 0.1) is 5.92 Å². The number of rotatable bonds is 8. The van der Waals surface area contributed by atoms with Crippen LogP contribution in [0.3, 0.4) is 0 Å². The third kappa shape index (κ3) is 5.06. The van der Waals surface area contributed by atoms with E-state index in [4.69, 9.17) is 19.0 Å². The Morgan fingerprint density at radius 1 is 1.18 bits per heavy atom. The molecule has 0 unspecified atom stereocenters. The topological polar surface area (TPSA) is 107 Å². The Balaban J connectivity index is 1.29. The molecule has 5 rings (SSSR count). The zero-order valence-electron chi connectivity index (χ0n) is 18.0. The molecule has 2 N–H and O–H groups in total. The Labute approximate surface area is 190 Å². The highest BCUT2D eigenvalue weighted by atomic mass is 16.5. The lowest BCUT2D eigenvalue weighted by atomic mass is 10.1. The van der Waals surface area contributed by atoms with Gasteiger partial charge in [0.2, 0.25) is 11.8 Å². The van der Waals surface area contributed by atoms with Crippen LogP contribution in [-0.4, -0.2) is 27.8 Å². The second-order valence-corrected chi connectivity index (χ2v) is 8.13. The molecule has 0 saturated heterocycles. The summed E-state index contributed by atoms with van der Waals surface area (Å²) in [6.45, 7) is 2.52. The van der Waals surface area contributed by atoms with Crippen molar-refractivity contribution in [2.75, 3.05) is 6.61 Å². The number of hydrogen-bond acceptors (Lipinski definition) is 6. The molecule has 0 bridgehead atoms. The van der Waals surface area contributed by atoms with Gasteiger partial charge in [0.05, 0.1) is 18.2 Å². The summed E-state index contributed by atoms with van der Waals surface area (Å²) in [5.74, 6) is 3.00. The average molecular weight is 445 g/mol. The molecule has 0 aliphatic heterocycles. The lowest BCUT2D eigenvalue weighted by molar-refractivity contribution is 0.191. The minimum Gasteiger partial charge on any atom is -0.493 e. The number of nitrogens with zero attached hydrogens (tertiary/aromatic N) is 2. The van der Waals surface area contributed by atoms with Crippen LogP contribution >= 0.6 is 0 Å². The molecular formula is C25H23N3O5. The van der Waals surface area contributed by atoms with Crippen molar-refractivity contribution in [1.82, 2.24) is 15.3 Å². The number of aromatic nitrogens is 2. The summed E-state index contributed by atoms with van der Waals surface area (Å²) in [5, 5.41) is 11.3. The van der Waals surface area contributed by atoms with Crippen LogP contribution in [0.5, 0.6) is 17.4 Å². The highest BCUT2D eigenvalue weighted by Crippen LogP contribution is 2.31. The SMILES string of the molecule is C[C@H](NC(=O)O)c1ccc2nc(-c3ccc(Oc4cccc(OCC5CC5)c4)nc3)oc2c1. The normalized spacial score (nSPS) is 14.1. The molecule has 1 saturated carbocycles. The number of hydrogen-bond donors (Lipinski definition) is 2. The summed E-state index contributed by atoms with van der Waals surface area (Å²) in [6.07, 6.45) is 3.05. The van der Waals surface area contributed by atoms with Gasteiger partial charge in [0.15, 0.2) is 5.58 Å². The van der Waals surface area contributed by atoms with E-state index in [0.29, 0.717) is 40.1 Å². The second kappa shape index (κ2) is 8.82. The Kier molecular flexibility index (Phi) is 5.56. The van der Waals surface area contributed by atoms with E-state index in [1.165, 1.54) is 12.8 Å². The molecule has 1 atom stereocenters. The zero-order chi connectivity index (χ0) is 22.8. The predicted octanol–water partition coefficient (Wildman–Crippen LogP) is 5.80. The highest BCUT2D eigenvalue weighted by molar-refractivity contribution is 5.77. The van der Waals surface area contributed by atoms with E-state index >= 15 is 0 Å². The van der Waals surface area contributed by atoms with Crippen LogP contribution in [0.1, 0.15) is 31.4 Å². The molecule has 1 amide bonds. The monoisotopic (exact) mass is 445 g/mol. The van der Waals surface area contributed by atoms with Crippen molar-refractivity contribution < 1.29 is 23.8 Å². The molecule has 8 heteroatoms. The Morgan fingerprint density at radius 2 is 2.03 bits per heavy atom. The van der Waals surface area contributed by atoms with E-state index in [-0.39, 0.29) is 6.04 Å². The van der Waals surface area contributed by atoms with E-state index in [9.17, 15) is 4.79 Å². The van der Waals surface area contributed by atoms with Crippen molar-refractivity contribution in [3.05, 3.63) is 66.4 Å². The van der Waals surface area contributed by atoms with Crippen LogP contribution in [-0.2, 0) is 0 Å².